The van der Waals surface area contributed by atoms with E-state index in [0.717, 1.165) is 37.1 Å². The van der Waals surface area contributed by atoms with E-state index >= 15 is 0 Å². The predicted molar refractivity (Wildman–Crippen MR) is 105 cm³/mol. The molecule has 2 aromatic rings. The van der Waals surface area contributed by atoms with E-state index in [9.17, 15) is 9.59 Å². The topological polar surface area (TPSA) is 84.4 Å². The van der Waals surface area contributed by atoms with Crippen molar-refractivity contribution in [3.05, 3.63) is 54.1 Å². The second-order valence-corrected chi connectivity index (χ2v) is 7.02. The number of nitrogens with one attached hydrogen (secondary N) is 1. The number of methoxy groups -OCH3 is 1. The summed E-state index contributed by atoms with van der Waals surface area (Å²) in [6.45, 7) is 1.88. The lowest BCUT2D eigenvalue weighted by Gasteiger charge is -2.32. The Kier molecular flexibility index (Phi) is 6.94. The van der Waals surface area contributed by atoms with Crippen LogP contribution in [0.4, 0.5) is 0 Å². The first-order valence-corrected chi connectivity index (χ1v) is 9.60. The zero-order valence-electron chi connectivity index (χ0n) is 16.1. The van der Waals surface area contributed by atoms with E-state index in [1.54, 1.807) is 13.3 Å². The summed E-state index contributed by atoms with van der Waals surface area (Å²) in [5.41, 5.74) is 1.38. The molecule has 7 heteroatoms. The molecule has 0 spiro atoms. The number of amides is 2. The van der Waals surface area contributed by atoms with Crippen LogP contribution in [-0.4, -0.2) is 46.9 Å². The van der Waals surface area contributed by atoms with Crippen molar-refractivity contribution in [1.82, 2.24) is 20.2 Å². The van der Waals surface area contributed by atoms with Crippen LogP contribution in [0, 0.1) is 5.92 Å². The lowest BCUT2D eigenvalue weighted by Crippen LogP contribution is -2.40. The molecule has 148 valence electrons. The highest BCUT2D eigenvalue weighted by molar-refractivity contribution is 5.92. The number of benzene rings is 1. The molecule has 7 nitrogen and oxygen atoms in total. The monoisotopic (exact) mass is 382 g/mol. The van der Waals surface area contributed by atoms with E-state index in [1.165, 1.54) is 12.4 Å². The third kappa shape index (κ3) is 5.52. The average Bonchev–Trinajstić information content (AvgIpc) is 2.76. The standard InChI is InChI=1S/C21H26N4O3/c1-28-18-6-2-4-17(12-18)13-24-20(26)8-7-16-5-3-11-25(15-16)21(27)19-14-22-9-10-23-19/h2,4,6,9-10,12,14,16H,3,5,7-8,11,13,15H2,1H3,(H,24,26). The van der Waals surface area contributed by atoms with Gasteiger partial charge in [-0.15, -0.1) is 0 Å². The summed E-state index contributed by atoms with van der Waals surface area (Å²) in [5, 5.41) is 2.96. The lowest BCUT2D eigenvalue weighted by molar-refractivity contribution is -0.121. The number of carbonyl (C=O) groups excluding carboxylic acids is 2. The first-order chi connectivity index (χ1) is 13.7. The largest absolute Gasteiger partial charge is 0.497 e. The van der Waals surface area contributed by atoms with Gasteiger partial charge in [0.2, 0.25) is 5.91 Å². The molecule has 1 unspecified atom stereocenters. The van der Waals surface area contributed by atoms with Gasteiger partial charge in [0.05, 0.1) is 13.3 Å². The van der Waals surface area contributed by atoms with Gasteiger partial charge in [-0.25, -0.2) is 4.98 Å². The van der Waals surface area contributed by atoms with E-state index in [-0.39, 0.29) is 11.8 Å². The summed E-state index contributed by atoms with van der Waals surface area (Å²) in [4.78, 5) is 34.6. The van der Waals surface area contributed by atoms with Gasteiger partial charge in [0.1, 0.15) is 11.4 Å². The zero-order chi connectivity index (χ0) is 19.8. The van der Waals surface area contributed by atoms with E-state index < -0.39 is 0 Å². The first-order valence-electron chi connectivity index (χ1n) is 9.60. The highest BCUT2D eigenvalue weighted by Gasteiger charge is 2.25. The van der Waals surface area contributed by atoms with Crippen LogP contribution < -0.4 is 10.1 Å². The Balaban J connectivity index is 1.43. The van der Waals surface area contributed by atoms with Gasteiger partial charge < -0.3 is 15.0 Å². The highest BCUT2D eigenvalue weighted by atomic mass is 16.5. The van der Waals surface area contributed by atoms with Crippen molar-refractivity contribution < 1.29 is 14.3 Å². The minimum absolute atomic E-state index is 0.0280. The SMILES string of the molecule is COc1cccc(CNC(=O)CCC2CCCN(C(=O)c3cnccn3)C2)c1. The fraction of sp³-hybridized carbons (Fsp3) is 0.429. The van der Waals surface area contributed by atoms with Gasteiger partial charge in [0.25, 0.3) is 5.91 Å². The molecule has 1 fully saturated rings. The van der Waals surface area contributed by atoms with Crippen LogP contribution >= 0.6 is 0 Å². The van der Waals surface area contributed by atoms with Crippen molar-refractivity contribution in [2.24, 2.45) is 5.92 Å². The van der Waals surface area contributed by atoms with Crippen LogP contribution in [0.5, 0.6) is 5.75 Å². The smallest absolute Gasteiger partial charge is 0.274 e. The molecular formula is C21H26N4O3. The van der Waals surface area contributed by atoms with Gasteiger partial charge in [0, 0.05) is 38.4 Å². The van der Waals surface area contributed by atoms with Gasteiger partial charge in [-0.1, -0.05) is 12.1 Å². The Labute approximate surface area is 165 Å². The molecule has 1 saturated heterocycles. The summed E-state index contributed by atoms with van der Waals surface area (Å²) in [5.74, 6) is 1.05. The van der Waals surface area contributed by atoms with Gasteiger partial charge in [-0.05, 0) is 42.9 Å². The van der Waals surface area contributed by atoms with Crippen LogP contribution in [0.1, 0.15) is 41.7 Å². The summed E-state index contributed by atoms with van der Waals surface area (Å²) in [7, 11) is 1.63. The maximum Gasteiger partial charge on any atom is 0.274 e. The Hall–Kier alpha value is -2.96. The minimum Gasteiger partial charge on any atom is -0.497 e. The number of ether oxygens (including phenoxy) is 1. The van der Waals surface area contributed by atoms with Gasteiger partial charge in [-0.2, -0.15) is 0 Å². The predicted octanol–water partition coefficient (Wildman–Crippen LogP) is 2.43. The molecule has 1 N–H and O–H groups in total. The molecule has 1 aromatic heterocycles. The second kappa shape index (κ2) is 9.82. The Bertz CT molecular complexity index is 797. The Morgan fingerprint density at radius 1 is 1.32 bits per heavy atom. The number of hydrogen-bond donors (Lipinski definition) is 1. The van der Waals surface area contributed by atoms with Crippen LogP contribution in [0.15, 0.2) is 42.9 Å². The third-order valence-electron chi connectivity index (χ3n) is 4.99. The minimum atomic E-state index is -0.0831. The van der Waals surface area contributed by atoms with Gasteiger partial charge in [-0.3, -0.25) is 14.6 Å². The fourth-order valence-corrected chi connectivity index (χ4v) is 3.46. The third-order valence-corrected chi connectivity index (χ3v) is 4.99. The molecule has 2 amide bonds. The molecule has 1 atom stereocenters. The molecule has 0 aliphatic carbocycles. The molecule has 2 heterocycles. The van der Waals surface area contributed by atoms with Crippen LogP contribution in [0.25, 0.3) is 0 Å². The molecule has 28 heavy (non-hydrogen) atoms. The van der Waals surface area contributed by atoms with Gasteiger partial charge in [0.15, 0.2) is 0 Å². The molecular weight excluding hydrogens is 356 g/mol. The number of likely N-dealkylation sites (tertiary alicyclic amines) is 1. The number of rotatable bonds is 7. The number of aromatic nitrogens is 2. The van der Waals surface area contributed by atoms with Crippen LogP contribution in [-0.2, 0) is 11.3 Å². The van der Waals surface area contributed by atoms with Crippen molar-refractivity contribution in [3.8, 4) is 5.75 Å². The molecule has 0 bridgehead atoms. The van der Waals surface area contributed by atoms with Crippen molar-refractivity contribution in [2.75, 3.05) is 20.2 Å². The van der Waals surface area contributed by atoms with Crippen molar-refractivity contribution in [2.45, 2.75) is 32.2 Å². The molecule has 1 aromatic carbocycles. The second-order valence-electron chi connectivity index (χ2n) is 7.02. The summed E-state index contributed by atoms with van der Waals surface area (Å²) < 4.78 is 5.20. The average molecular weight is 382 g/mol. The molecule has 1 aliphatic rings. The Morgan fingerprint density at radius 2 is 2.21 bits per heavy atom. The van der Waals surface area contributed by atoms with Crippen LogP contribution in [0.2, 0.25) is 0 Å². The maximum atomic E-state index is 12.5. The number of hydrogen-bond acceptors (Lipinski definition) is 5. The van der Waals surface area contributed by atoms with Crippen molar-refractivity contribution in [1.29, 1.82) is 0 Å². The quantitative estimate of drug-likeness (QED) is 0.795. The molecule has 0 radical (unpaired) electrons. The normalized spacial score (nSPS) is 16.5. The highest BCUT2D eigenvalue weighted by Crippen LogP contribution is 2.22. The molecule has 3 rings (SSSR count). The fourth-order valence-electron chi connectivity index (χ4n) is 3.46. The van der Waals surface area contributed by atoms with E-state index in [1.807, 2.05) is 29.2 Å². The lowest BCUT2D eigenvalue weighted by atomic mass is 9.93. The van der Waals surface area contributed by atoms with E-state index in [0.29, 0.717) is 31.1 Å². The molecule has 0 saturated carbocycles. The summed E-state index contributed by atoms with van der Waals surface area (Å²) >= 11 is 0. The summed E-state index contributed by atoms with van der Waals surface area (Å²) in [6.07, 6.45) is 7.80. The van der Waals surface area contributed by atoms with Crippen molar-refractivity contribution in [3.63, 3.8) is 0 Å². The number of carbonyl (C=O) groups is 2. The van der Waals surface area contributed by atoms with Gasteiger partial charge >= 0.3 is 0 Å². The van der Waals surface area contributed by atoms with E-state index in [4.69, 9.17) is 4.74 Å². The van der Waals surface area contributed by atoms with Crippen molar-refractivity contribution >= 4 is 11.8 Å². The van der Waals surface area contributed by atoms with E-state index in [2.05, 4.69) is 15.3 Å². The molecule has 1 aliphatic heterocycles. The number of piperidine rings is 1. The zero-order valence-corrected chi connectivity index (χ0v) is 16.1. The first kappa shape index (κ1) is 19.8. The van der Waals surface area contributed by atoms with Crippen LogP contribution in [0.3, 0.4) is 0 Å². The number of nitrogens with zero attached hydrogens (tertiary/aromatic N) is 3. The maximum absolute atomic E-state index is 12.5. The summed E-state index contributed by atoms with van der Waals surface area (Å²) in [6, 6.07) is 7.66. The Morgan fingerprint density at radius 3 is 3.00 bits per heavy atom.